The molecule has 3 amide bonds. The van der Waals surface area contributed by atoms with Crippen molar-refractivity contribution in [2.24, 2.45) is 11.8 Å². The molecule has 6 rings (SSSR count). The van der Waals surface area contributed by atoms with E-state index in [0.717, 1.165) is 12.0 Å². The number of amides is 3. The minimum atomic E-state index is -0.327. The minimum Gasteiger partial charge on any atom is -0.492 e. The molecule has 0 spiro atoms. The van der Waals surface area contributed by atoms with Gasteiger partial charge in [-0.1, -0.05) is 37.8 Å². The molecule has 10 heteroatoms. The van der Waals surface area contributed by atoms with Crippen molar-refractivity contribution >= 4 is 23.4 Å². The smallest absolute Gasteiger partial charge is 0.257 e. The van der Waals surface area contributed by atoms with Crippen molar-refractivity contribution in [1.29, 1.82) is 0 Å². The molecule has 2 aliphatic heterocycles. The summed E-state index contributed by atoms with van der Waals surface area (Å²) in [6, 6.07) is 11.4. The number of hydrogen-bond donors (Lipinski definition) is 1. The highest BCUT2D eigenvalue weighted by molar-refractivity contribution is 5.99. The molecule has 2 bridgehead atoms. The number of aromatic nitrogens is 3. The lowest BCUT2D eigenvalue weighted by molar-refractivity contribution is -0.131. The predicted octanol–water partition coefficient (Wildman–Crippen LogP) is 3.28. The number of carbonyl (C=O) groups excluding carboxylic acids is 3. The monoisotopic (exact) mass is 558 g/mol. The molecule has 0 unspecified atom stereocenters. The first kappa shape index (κ1) is 27.2. The SMILES string of the molecule is O=C1NCCCN(C(=O)c2cccn3cnnc23)CCOc2cccc(c2)[C@H]2CN(C(=O)CCC3CCCC3)C[C@H]12. The first-order chi connectivity index (χ1) is 20.1. The summed E-state index contributed by atoms with van der Waals surface area (Å²) in [5, 5.41) is 11.2. The van der Waals surface area contributed by atoms with Gasteiger partial charge in [-0.25, -0.2) is 0 Å². The van der Waals surface area contributed by atoms with Crippen LogP contribution in [0.1, 0.15) is 66.8 Å². The molecular formula is C31H38N6O4. The molecule has 0 radical (unpaired) electrons. The Morgan fingerprint density at radius 3 is 2.73 bits per heavy atom. The highest BCUT2D eigenvalue weighted by Crippen LogP contribution is 2.36. The van der Waals surface area contributed by atoms with Crippen LogP contribution in [0.4, 0.5) is 0 Å². The van der Waals surface area contributed by atoms with Crippen molar-refractivity contribution < 1.29 is 19.1 Å². The van der Waals surface area contributed by atoms with Crippen molar-refractivity contribution in [1.82, 2.24) is 29.7 Å². The van der Waals surface area contributed by atoms with E-state index in [1.165, 1.54) is 25.7 Å². The number of nitrogens with zero attached hydrogens (tertiary/aromatic N) is 5. The van der Waals surface area contributed by atoms with Crippen molar-refractivity contribution in [3.05, 3.63) is 60.0 Å². The number of rotatable bonds is 4. The number of benzene rings is 1. The number of nitrogens with one attached hydrogen (secondary N) is 1. The third-order valence-corrected chi connectivity index (χ3v) is 8.91. The number of likely N-dealkylation sites (tertiary alicyclic amines) is 1. The molecule has 41 heavy (non-hydrogen) atoms. The maximum atomic E-state index is 13.5. The lowest BCUT2D eigenvalue weighted by atomic mass is 9.88. The fourth-order valence-corrected chi connectivity index (χ4v) is 6.62. The zero-order chi connectivity index (χ0) is 28.2. The van der Waals surface area contributed by atoms with Gasteiger partial charge in [0.25, 0.3) is 5.91 Å². The van der Waals surface area contributed by atoms with E-state index in [1.807, 2.05) is 29.2 Å². The summed E-state index contributed by atoms with van der Waals surface area (Å²) in [6.07, 6.45) is 10.5. The predicted molar refractivity (Wildman–Crippen MR) is 152 cm³/mol. The van der Waals surface area contributed by atoms with Crippen molar-refractivity contribution in [2.45, 2.75) is 50.9 Å². The van der Waals surface area contributed by atoms with Gasteiger partial charge in [-0.3, -0.25) is 18.8 Å². The average Bonchev–Trinajstić information content (AvgIpc) is 3.77. The quantitative estimate of drug-likeness (QED) is 0.527. The Hall–Kier alpha value is -3.95. The topological polar surface area (TPSA) is 109 Å². The van der Waals surface area contributed by atoms with Gasteiger partial charge in [0, 0.05) is 44.7 Å². The fraction of sp³-hybridized carbons (Fsp3) is 0.516. The van der Waals surface area contributed by atoms with Crippen LogP contribution in [0, 0.1) is 11.8 Å². The van der Waals surface area contributed by atoms with Crippen LogP contribution in [0.3, 0.4) is 0 Å². The summed E-state index contributed by atoms with van der Waals surface area (Å²) >= 11 is 0. The standard InChI is InChI=1S/C31H38N6O4/c38-28(12-11-22-6-1-2-7-22)37-19-26-23-8-3-9-24(18-23)41-17-16-35(15-5-13-32-30(39)27(26)20-37)31(40)25-10-4-14-36-21-33-34-29(25)36/h3-4,8-10,14,18,21-22,26-27H,1-2,5-7,11-13,15-17,19-20H2,(H,32,39)/t26-,27+/m1/s1. The van der Waals surface area contributed by atoms with Crippen LogP contribution in [0.5, 0.6) is 5.75 Å². The summed E-state index contributed by atoms with van der Waals surface area (Å²) in [6.45, 7) is 2.59. The number of hydrogen-bond acceptors (Lipinski definition) is 6. The van der Waals surface area contributed by atoms with Crippen LogP contribution in [-0.2, 0) is 9.59 Å². The fourth-order valence-electron chi connectivity index (χ4n) is 6.62. The summed E-state index contributed by atoms with van der Waals surface area (Å²) in [5.74, 6) is 0.898. The molecule has 2 aromatic heterocycles. The first-order valence-corrected chi connectivity index (χ1v) is 14.9. The second-order valence-electron chi connectivity index (χ2n) is 11.5. The van der Waals surface area contributed by atoms with Gasteiger partial charge < -0.3 is 19.9 Å². The van der Waals surface area contributed by atoms with Gasteiger partial charge in [0.15, 0.2) is 5.65 Å². The molecule has 216 valence electrons. The Labute approximate surface area is 240 Å². The van der Waals surface area contributed by atoms with Crippen molar-refractivity contribution in [3.63, 3.8) is 0 Å². The number of fused-ring (bicyclic) bond motifs is 5. The van der Waals surface area contributed by atoms with E-state index < -0.39 is 0 Å². The van der Waals surface area contributed by atoms with E-state index in [0.29, 0.717) is 75.1 Å². The molecule has 10 nitrogen and oxygen atoms in total. The summed E-state index contributed by atoms with van der Waals surface area (Å²) in [5.41, 5.74) is 1.98. The van der Waals surface area contributed by atoms with E-state index in [4.69, 9.17) is 4.74 Å². The van der Waals surface area contributed by atoms with Crippen LogP contribution < -0.4 is 10.1 Å². The Kier molecular flexibility index (Phi) is 8.16. The normalized spacial score (nSPS) is 22.2. The number of ether oxygens (including phenoxy) is 1. The largest absolute Gasteiger partial charge is 0.492 e. The van der Waals surface area contributed by atoms with Gasteiger partial charge in [-0.05, 0) is 48.6 Å². The Bertz CT molecular complexity index is 1400. The third-order valence-electron chi connectivity index (χ3n) is 8.91. The number of pyridine rings is 1. The van der Waals surface area contributed by atoms with Crippen LogP contribution >= 0.6 is 0 Å². The van der Waals surface area contributed by atoms with E-state index in [1.54, 1.807) is 34.0 Å². The van der Waals surface area contributed by atoms with Crippen molar-refractivity contribution in [2.75, 3.05) is 39.3 Å². The summed E-state index contributed by atoms with van der Waals surface area (Å²) in [4.78, 5) is 43.8. The average molecular weight is 559 g/mol. The maximum Gasteiger partial charge on any atom is 0.257 e. The van der Waals surface area contributed by atoms with Crippen molar-refractivity contribution in [3.8, 4) is 5.75 Å². The first-order valence-electron chi connectivity index (χ1n) is 14.9. The molecule has 1 aromatic carbocycles. The van der Waals surface area contributed by atoms with Gasteiger partial charge in [0.05, 0.1) is 18.0 Å². The molecule has 1 saturated heterocycles. The molecule has 1 saturated carbocycles. The summed E-state index contributed by atoms with van der Waals surface area (Å²) < 4.78 is 7.84. The van der Waals surface area contributed by atoms with Crippen LogP contribution in [0.25, 0.3) is 5.65 Å². The Morgan fingerprint density at radius 1 is 1.00 bits per heavy atom. The lowest BCUT2D eigenvalue weighted by Gasteiger charge is -2.24. The molecule has 3 aliphatic rings. The van der Waals surface area contributed by atoms with E-state index in [9.17, 15) is 14.4 Å². The highest BCUT2D eigenvalue weighted by atomic mass is 16.5. The summed E-state index contributed by atoms with van der Waals surface area (Å²) in [7, 11) is 0. The van der Waals surface area contributed by atoms with Gasteiger partial charge in [-0.15, -0.1) is 10.2 Å². The molecule has 2 fully saturated rings. The number of carbonyl (C=O) groups is 3. The molecule has 1 N–H and O–H groups in total. The second-order valence-corrected chi connectivity index (χ2v) is 11.5. The second kappa shape index (κ2) is 12.3. The molecule has 4 heterocycles. The van der Waals surface area contributed by atoms with Crippen LogP contribution in [0.2, 0.25) is 0 Å². The van der Waals surface area contributed by atoms with Crippen LogP contribution in [0.15, 0.2) is 48.9 Å². The Morgan fingerprint density at radius 2 is 1.85 bits per heavy atom. The van der Waals surface area contributed by atoms with Gasteiger partial charge >= 0.3 is 0 Å². The maximum absolute atomic E-state index is 13.5. The van der Waals surface area contributed by atoms with Crippen LogP contribution in [-0.4, -0.2) is 81.5 Å². The van der Waals surface area contributed by atoms with Gasteiger partial charge in [0.1, 0.15) is 18.7 Å². The molecule has 2 atom stereocenters. The van der Waals surface area contributed by atoms with Gasteiger partial charge in [0.2, 0.25) is 11.8 Å². The zero-order valence-corrected chi connectivity index (χ0v) is 23.4. The third kappa shape index (κ3) is 6.06. The van der Waals surface area contributed by atoms with E-state index in [-0.39, 0.29) is 29.6 Å². The molecule has 3 aromatic rings. The molecule has 1 aliphatic carbocycles. The van der Waals surface area contributed by atoms with E-state index in [2.05, 4.69) is 15.5 Å². The minimum absolute atomic E-state index is 0.0458. The Balaban J connectivity index is 1.17. The van der Waals surface area contributed by atoms with E-state index >= 15 is 0 Å². The zero-order valence-electron chi connectivity index (χ0n) is 23.4. The molecular weight excluding hydrogens is 520 g/mol. The van der Waals surface area contributed by atoms with Gasteiger partial charge in [-0.2, -0.15) is 0 Å². The lowest BCUT2D eigenvalue weighted by Crippen LogP contribution is -2.39. The highest BCUT2D eigenvalue weighted by Gasteiger charge is 2.40.